The van der Waals surface area contributed by atoms with Crippen molar-refractivity contribution >= 4 is 0 Å². The fraction of sp³-hybridized carbons (Fsp3) is 0.500. The summed E-state index contributed by atoms with van der Waals surface area (Å²) in [5.41, 5.74) is 7.39. The lowest BCUT2D eigenvalue weighted by Crippen LogP contribution is -2.19. The summed E-state index contributed by atoms with van der Waals surface area (Å²) in [4.78, 5) is 3.93. The summed E-state index contributed by atoms with van der Waals surface area (Å²) >= 11 is 0. The summed E-state index contributed by atoms with van der Waals surface area (Å²) in [6.07, 6.45) is 0.138. The van der Waals surface area contributed by atoms with Gasteiger partial charge < -0.3 is 5.73 Å². The molecular weight excluding hydrogens is 186 g/mol. The van der Waals surface area contributed by atoms with Crippen molar-refractivity contribution in [3.8, 4) is 0 Å². The smallest absolute Gasteiger partial charge is 0.280 e. The van der Waals surface area contributed by atoms with E-state index in [9.17, 15) is 8.78 Å². The normalized spacial score (nSPS) is 21.0. The molecule has 2 nitrogen and oxygen atoms in total. The second-order valence-corrected chi connectivity index (χ2v) is 3.57. The van der Waals surface area contributed by atoms with Gasteiger partial charge >= 0.3 is 0 Å². The molecule has 2 rings (SSSR count). The number of nitrogens with zero attached hydrogens (tertiary/aromatic N) is 1. The van der Waals surface area contributed by atoms with Crippen molar-refractivity contribution in [3.63, 3.8) is 0 Å². The predicted molar refractivity (Wildman–Crippen MR) is 49.1 cm³/mol. The van der Waals surface area contributed by atoms with Gasteiger partial charge in [-0.1, -0.05) is 6.07 Å². The van der Waals surface area contributed by atoms with Gasteiger partial charge in [-0.25, -0.2) is 8.78 Å². The van der Waals surface area contributed by atoms with Crippen LogP contribution in [0, 0.1) is 0 Å². The standard InChI is InChI=1S/C10H12F2N2/c11-10(12)9-5-4-6-7(13)2-1-3-8(6)14-9/h4-5,7,10H,1-3,13H2/t7-/m1/s1. The largest absolute Gasteiger partial charge is 0.324 e. The maximum Gasteiger partial charge on any atom is 0.280 e. The molecule has 4 heteroatoms. The van der Waals surface area contributed by atoms with Gasteiger partial charge in [-0.3, -0.25) is 4.98 Å². The molecule has 1 atom stereocenters. The van der Waals surface area contributed by atoms with E-state index in [1.165, 1.54) is 6.07 Å². The van der Waals surface area contributed by atoms with E-state index in [0.717, 1.165) is 30.5 Å². The van der Waals surface area contributed by atoms with Crippen LogP contribution in [0.1, 0.15) is 42.3 Å². The number of halogens is 2. The number of aryl methyl sites for hydroxylation is 1. The fourth-order valence-electron chi connectivity index (χ4n) is 1.83. The van der Waals surface area contributed by atoms with E-state index < -0.39 is 6.43 Å². The Morgan fingerprint density at radius 2 is 2.21 bits per heavy atom. The zero-order chi connectivity index (χ0) is 10.1. The molecule has 0 spiro atoms. The SMILES string of the molecule is N[C@@H]1CCCc2nc(C(F)F)ccc21. The average molecular weight is 198 g/mol. The Morgan fingerprint density at radius 1 is 1.43 bits per heavy atom. The van der Waals surface area contributed by atoms with Gasteiger partial charge in [-0.15, -0.1) is 0 Å². The van der Waals surface area contributed by atoms with Crippen molar-refractivity contribution in [1.29, 1.82) is 0 Å². The summed E-state index contributed by atoms with van der Waals surface area (Å²) in [7, 11) is 0. The summed E-state index contributed by atoms with van der Waals surface area (Å²) < 4.78 is 24.7. The Morgan fingerprint density at radius 3 is 2.93 bits per heavy atom. The van der Waals surface area contributed by atoms with Crippen LogP contribution < -0.4 is 5.73 Å². The van der Waals surface area contributed by atoms with Crippen molar-refractivity contribution in [2.45, 2.75) is 31.7 Å². The molecule has 0 aliphatic heterocycles. The topological polar surface area (TPSA) is 38.9 Å². The van der Waals surface area contributed by atoms with Crippen LogP contribution in [0.2, 0.25) is 0 Å². The number of aromatic nitrogens is 1. The van der Waals surface area contributed by atoms with Crippen LogP contribution in [0.5, 0.6) is 0 Å². The summed E-state index contributed by atoms with van der Waals surface area (Å²) in [5.74, 6) is 0. The molecule has 1 aromatic rings. The zero-order valence-corrected chi connectivity index (χ0v) is 7.71. The number of fused-ring (bicyclic) bond motifs is 1. The maximum atomic E-state index is 12.3. The van der Waals surface area contributed by atoms with Crippen LogP contribution in [-0.2, 0) is 6.42 Å². The number of nitrogens with two attached hydrogens (primary N) is 1. The maximum absolute atomic E-state index is 12.3. The highest BCUT2D eigenvalue weighted by atomic mass is 19.3. The lowest BCUT2D eigenvalue weighted by molar-refractivity contribution is 0.145. The van der Waals surface area contributed by atoms with E-state index in [1.54, 1.807) is 6.07 Å². The molecule has 2 N–H and O–H groups in total. The third-order valence-corrected chi connectivity index (χ3v) is 2.58. The van der Waals surface area contributed by atoms with Gasteiger partial charge in [0.25, 0.3) is 6.43 Å². The number of hydrogen-bond donors (Lipinski definition) is 1. The Balaban J connectivity index is 2.39. The highest BCUT2D eigenvalue weighted by Gasteiger charge is 2.19. The highest BCUT2D eigenvalue weighted by Crippen LogP contribution is 2.28. The van der Waals surface area contributed by atoms with Crippen molar-refractivity contribution < 1.29 is 8.78 Å². The van der Waals surface area contributed by atoms with Crippen LogP contribution in [0.15, 0.2) is 12.1 Å². The quantitative estimate of drug-likeness (QED) is 0.752. The minimum absolute atomic E-state index is 0.0297. The zero-order valence-electron chi connectivity index (χ0n) is 7.71. The van der Waals surface area contributed by atoms with E-state index in [4.69, 9.17) is 5.73 Å². The first kappa shape index (κ1) is 9.52. The van der Waals surface area contributed by atoms with Crippen molar-refractivity contribution in [3.05, 3.63) is 29.1 Å². The molecule has 14 heavy (non-hydrogen) atoms. The van der Waals surface area contributed by atoms with Crippen molar-refractivity contribution in [2.75, 3.05) is 0 Å². The summed E-state index contributed by atoms with van der Waals surface area (Å²) in [6.45, 7) is 0. The second kappa shape index (κ2) is 3.61. The molecule has 0 bridgehead atoms. The van der Waals surface area contributed by atoms with Gasteiger partial charge in [-0.05, 0) is 30.9 Å². The van der Waals surface area contributed by atoms with Crippen LogP contribution >= 0.6 is 0 Å². The van der Waals surface area contributed by atoms with Gasteiger partial charge in [-0.2, -0.15) is 0 Å². The van der Waals surface area contributed by atoms with Gasteiger partial charge in [0.15, 0.2) is 0 Å². The number of pyridine rings is 1. The van der Waals surface area contributed by atoms with E-state index in [0.29, 0.717) is 0 Å². The van der Waals surface area contributed by atoms with Crippen LogP contribution in [-0.4, -0.2) is 4.98 Å². The first-order valence-electron chi connectivity index (χ1n) is 4.72. The van der Waals surface area contributed by atoms with Gasteiger partial charge in [0.1, 0.15) is 5.69 Å². The Labute approximate surface area is 81.1 Å². The number of rotatable bonds is 1. The third-order valence-electron chi connectivity index (χ3n) is 2.58. The van der Waals surface area contributed by atoms with Crippen LogP contribution in [0.3, 0.4) is 0 Å². The number of alkyl halides is 2. The molecule has 0 amide bonds. The molecule has 0 saturated heterocycles. The molecule has 0 radical (unpaired) electrons. The highest BCUT2D eigenvalue weighted by molar-refractivity contribution is 5.28. The molecule has 1 heterocycles. The summed E-state index contributed by atoms with van der Waals surface area (Å²) in [6, 6.07) is 3.03. The Kier molecular flexibility index (Phi) is 2.46. The molecule has 1 aromatic heterocycles. The van der Waals surface area contributed by atoms with Crippen molar-refractivity contribution in [2.24, 2.45) is 5.73 Å². The van der Waals surface area contributed by atoms with Gasteiger partial charge in [0, 0.05) is 11.7 Å². The van der Waals surface area contributed by atoms with Gasteiger partial charge in [0.05, 0.1) is 0 Å². The Hall–Kier alpha value is -1.03. The molecule has 0 unspecified atom stereocenters. The molecule has 0 saturated carbocycles. The molecule has 0 fully saturated rings. The molecule has 1 aliphatic carbocycles. The lowest BCUT2D eigenvalue weighted by Gasteiger charge is -2.21. The van der Waals surface area contributed by atoms with E-state index in [1.807, 2.05) is 0 Å². The second-order valence-electron chi connectivity index (χ2n) is 3.57. The molecular formula is C10H12F2N2. The predicted octanol–water partition coefficient (Wildman–Crippen LogP) is 2.36. The van der Waals surface area contributed by atoms with E-state index >= 15 is 0 Å². The van der Waals surface area contributed by atoms with Gasteiger partial charge in [0.2, 0.25) is 0 Å². The third kappa shape index (κ3) is 1.62. The van der Waals surface area contributed by atoms with Crippen LogP contribution in [0.4, 0.5) is 8.78 Å². The minimum Gasteiger partial charge on any atom is -0.324 e. The molecule has 1 aliphatic rings. The molecule has 76 valence electrons. The monoisotopic (exact) mass is 198 g/mol. The first-order valence-corrected chi connectivity index (χ1v) is 4.72. The van der Waals surface area contributed by atoms with E-state index in [-0.39, 0.29) is 11.7 Å². The first-order chi connectivity index (χ1) is 6.68. The van der Waals surface area contributed by atoms with E-state index in [2.05, 4.69) is 4.98 Å². The minimum atomic E-state index is -2.49. The van der Waals surface area contributed by atoms with Crippen LogP contribution in [0.25, 0.3) is 0 Å². The Bertz CT molecular complexity index is 339. The summed E-state index contributed by atoms with van der Waals surface area (Å²) in [5, 5.41) is 0. The fourth-order valence-corrected chi connectivity index (χ4v) is 1.83. The lowest BCUT2D eigenvalue weighted by atomic mass is 9.92. The van der Waals surface area contributed by atoms with Crippen molar-refractivity contribution in [1.82, 2.24) is 4.98 Å². The molecule has 0 aromatic carbocycles. The average Bonchev–Trinajstić information content (AvgIpc) is 2.17. The number of hydrogen-bond acceptors (Lipinski definition) is 2.